The Hall–Kier alpha value is -3.50. The topological polar surface area (TPSA) is 91.2 Å². The summed E-state index contributed by atoms with van der Waals surface area (Å²) in [4.78, 5) is 24.6. The van der Waals surface area contributed by atoms with Crippen molar-refractivity contribution in [1.29, 1.82) is 5.26 Å². The Morgan fingerprint density at radius 2 is 1.55 bits per heavy atom. The third kappa shape index (κ3) is 6.74. The van der Waals surface area contributed by atoms with Crippen molar-refractivity contribution < 1.29 is 14.3 Å². The van der Waals surface area contributed by atoms with Crippen molar-refractivity contribution in [2.24, 2.45) is 0 Å². The normalized spacial score (nSPS) is 10.8. The van der Waals surface area contributed by atoms with Crippen LogP contribution in [0.4, 0.5) is 11.4 Å². The molecule has 33 heavy (non-hydrogen) atoms. The van der Waals surface area contributed by atoms with Gasteiger partial charge >= 0.3 is 0 Å². The summed E-state index contributed by atoms with van der Waals surface area (Å²) in [5.41, 5.74) is 1.22. The molecule has 3 aromatic carbocycles. The van der Waals surface area contributed by atoms with Crippen LogP contribution in [-0.2, 0) is 9.59 Å². The second-order valence-electron chi connectivity index (χ2n) is 6.62. The second-order valence-corrected chi connectivity index (χ2v) is 7.84. The minimum Gasteiger partial charge on any atom is -0.481 e. The molecule has 2 N–H and O–H groups in total. The number of hydrogen-bond donors (Lipinski definition) is 2. The average molecular weight is 501 g/mol. The number of nitriles is 1. The molecule has 0 aliphatic carbocycles. The molecule has 0 radical (unpaired) electrons. The zero-order valence-corrected chi connectivity index (χ0v) is 19.2. The molecule has 2 amide bonds. The van der Waals surface area contributed by atoms with Gasteiger partial charge in [-0.1, -0.05) is 65.1 Å². The van der Waals surface area contributed by atoms with Crippen LogP contribution in [0.25, 0.3) is 6.08 Å². The van der Waals surface area contributed by atoms with Crippen LogP contribution in [0.1, 0.15) is 5.56 Å². The van der Waals surface area contributed by atoms with Gasteiger partial charge < -0.3 is 15.4 Å². The lowest BCUT2D eigenvalue weighted by Crippen LogP contribution is -2.20. The second kappa shape index (κ2) is 11.4. The van der Waals surface area contributed by atoms with E-state index in [-0.39, 0.29) is 33.9 Å². The zero-order chi connectivity index (χ0) is 23.8. The first kappa shape index (κ1) is 24.1. The zero-order valence-electron chi connectivity index (χ0n) is 16.9. The van der Waals surface area contributed by atoms with Crippen LogP contribution in [0, 0.1) is 11.3 Å². The number of carbonyl (C=O) groups excluding carboxylic acids is 2. The molecule has 0 aliphatic heterocycles. The van der Waals surface area contributed by atoms with E-state index in [1.807, 2.05) is 12.1 Å². The molecule has 0 fully saturated rings. The molecule has 166 valence electrons. The molecule has 9 heteroatoms. The summed E-state index contributed by atoms with van der Waals surface area (Å²) in [7, 11) is 0. The monoisotopic (exact) mass is 499 g/mol. The number of anilines is 2. The number of nitrogens with zero attached hydrogens (tertiary/aromatic N) is 1. The lowest BCUT2D eigenvalue weighted by Gasteiger charge is -2.11. The quantitative estimate of drug-likeness (QED) is 0.298. The van der Waals surface area contributed by atoms with Crippen molar-refractivity contribution in [2.45, 2.75) is 0 Å². The van der Waals surface area contributed by atoms with E-state index in [0.29, 0.717) is 22.0 Å². The summed E-state index contributed by atoms with van der Waals surface area (Å²) < 4.78 is 5.47. The summed E-state index contributed by atoms with van der Waals surface area (Å²) >= 11 is 18.6. The van der Waals surface area contributed by atoms with Gasteiger partial charge in [-0.25, -0.2) is 0 Å². The van der Waals surface area contributed by atoms with Crippen LogP contribution in [0.2, 0.25) is 15.1 Å². The number of para-hydroxylation sites is 2. The van der Waals surface area contributed by atoms with Gasteiger partial charge in [0.2, 0.25) is 0 Å². The van der Waals surface area contributed by atoms with Crippen molar-refractivity contribution >= 4 is 64.1 Å². The highest BCUT2D eigenvalue weighted by molar-refractivity contribution is 6.37. The molecule has 0 heterocycles. The predicted octanol–water partition coefficient (Wildman–Crippen LogP) is 6.21. The van der Waals surface area contributed by atoms with Gasteiger partial charge in [0.25, 0.3) is 11.8 Å². The van der Waals surface area contributed by atoms with Crippen LogP contribution in [0.3, 0.4) is 0 Å². The third-order valence-electron chi connectivity index (χ3n) is 4.22. The van der Waals surface area contributed by atoms with E-state index in [1.54, 1.807) is 48.5 Å². The fourth-order valence-corrected chi connectivity index (χ4v) is 3.52. The predicted molar refractivity (Wildman–Crippen MR) is 131 cm³/mol. The van der Waals surface area contributed by atoms with Gasteiger partial charge in [-0.05, 0) is 48.0 Å². The van der Waals surface area contributed by atoms with E-state index in [9.17, 15) is 14.9 Å². The molecule has 0 bridgehead atoms. The van der Waals surface area contributed by atoms with Crippen molar-refractivity contribution in [2.75, 3.05) is 17.2 Å². The minimum absolute atomic E-state index is 0.109. The molecule has 0 aromatic heterocycles. The van der Waals surface area contributed by atoms with Crippen LogP contribution >= 0.6 is 34.8 Å². The summed E-state index contributed by atoms with van der Waals surface area (Å²) in [6.07, 6.45) is 1.33. The third-order valence-corrected chi connectivity index (χ3v) is 5.11. The van der Waals surface area contributed by atoms with E-state index in [0.717, 1.165) is 0 Å². The van der Waals surface area contributed by atoms with Crippen molar-refractivity contribution in [1.82, 2.24) is 0 Å². The van der Waals surface area contributed by atoms with Crippen molar-refractivity contribution in [3.63, 3.8) is 0 Å². The Bertz CT molecular complexity index is 1230. The van der Waals surface area contributed by atoms with Crippen LogP contribution in [0.5, 0.6) is 5.75 Å². The van der Waals surface area contributed by atoms with Gasteiger partial charge in [-0.15, -0.1) is 0 Å². The number of hydrogen-bond acceptors (Lipinski definition) is 4. The number of nitrogens with one attached hydrogen (secondary N) is 2. The van der Waals surface area contributed by atoms with Gasteiger partial charge in [-0.3, -0.25) is 9.59 Å². The molecule has 0 unspecified atom stereocenters. The first-order valence-electron chi connectivity index (χ1n) is 9.52. The van der Waals surface area contributed by atoms with Gasteiger partial charge in [0, 0.05) is 5.69 Å². The number of benzene rings is 3. The molecule has 0 atom stereocenters. The van der Waals surface area contributed by atoms with E-state index in [4.69, 9.17) is 39.5 Å². The highest BCUT2D eigenvalue weighted by atomic mass is 35.5. The highest BCUT2D eigenvalue weighted by Gasteiger charge is 2.15. The largest absolute Gasteiger partial charge is 0.481 e. The number of halogens is 3. The number of carbonyl (C=O) groups is 2. The minimum atomic E-state index is -0.643. The Morgan fingerprint density at radius 1 is 0.909 bits per heavy atom. The first-order chi connectivity index (χ1) is 15.9. The molecule has 6 nitrogen and oxygen atoms in total. The highest BCUT2D eigenvalue weighted by Crippen LogP contribution is 2.35. The van der Waals surface area contributed by atoms with Gasteiger partial charge in [0.1, 0.15) is 11.6 Å². The first-order valence-corrected chi connectivity index (χ1v) is 10.6. The summed E-state index contributed by atoms with van der Waals surface area (Å²) in [6, 6.07) is 20.3. The smallest absolute Gasteiger partial charge is 0.266 e. The maximum Gasteiger partial charge on any atom is 0.266 e. The molecule has 0 aliphatic rings. The molecule has 3 rings (SSSR count). The Balaban J connectivity index is 1.71. The lowest BCUT2D eigenvalue weighted by molar-refractivity contribution is -0.118. The summed E-state index contributed by atoms with van der Waals surface area (Å²) in [5.74, 6) is -0.922. The van der Waals surface area contributed by atoms with Crippen LogP contribution in [-0.4, -0.2) is 18.4 Å². The van der Waals surface area contributed by atoms with Gasteiger partial charge in [0.15, 0.2) is 12.4 Å². The van der Waals surface area contributed by atoms with Gasteiger partial charge in [-0.2, -0.15) is 5.26 Å². The lowest BCUT2D eigenvalue weighted by atomic mass is 10.1. The van der Waals surface area contributed by atoms with E-state index in [2.05, 4.69) is 10.6 Å². The molecule has 0 saturated heterocycles. The fraction of sp³-hybridized carbons (Fsp3) is 0.0417. The molecular formula is C24H16Cl3N3O3. The number of ether oxygens (including phenoxy) is 1. The Kier molecular flexibility index (Phi) is 8.34. The van der Waals surface area contributed by atoms with Crippen molar-refractivity contribution in [3.8, 4) is 11.8 Å². The Morgan fingerprint density at radius 3 is 2.18 bits per heavy atom. The van der Waals surface area contributed by atoms with Crippen molar-refractivity contribution in [3.05, 3.63) is 92.9 Å². The molecule has 0 spiro atoms. The maximum atomic E-state index is 12.5. The SMILES string of the molecule is N#C/C(=C\c1cc(Cl)c(OCC(=O)Nc2ccccc2)c(Cl)c1)C(=O)Nc1ccccc1Cl. The van der Waals surface area contributed by atoms with Gasteiger partial charge in [0.05, 0.1) is 20.8 Å². The van der Waals surface area contributed by atoms with E-state index < -0.39 is 5.91 Å². The molecular weight excluding hydrogens is 485 g/mol. The standard InChI is InChI=1S/C24H16Cl3N3O3/c25-18-8-4-5-9-21(18)30-24(32)16(13-28)10-15-11-19(26)23(20(27)12-15)33-14-22(31)29-17-6-2-1-3-7-17/h1-12H,14H2,(H,29,31)(H,30,32)/b16-10+. The maximum absolute atomic E-state index is 12.5. The Labute approximate surface area is 205 Å². The fourth-order valence-electron chi connectivity index (χ4n) is 2.72. The van der Waals surface area contributed by atoms with E-state index >= 15 is 0 Å². The van der Waals surface area contributed by atoms with Crippen LogP contribution in [0.15, 0.2) is 72.3 Å². The van der Waals surface area contributed by atoms with Crippen LogP contribution < -0.4 is 15.4 Å². The average Bonchev–Trinajstić information content (AvgIpc) is 2.79. The molecule has 3 aromatic rings. The summed E-state index contributed by atoms with van der Waals surface area (Å²) in [6.45, 7) is -0.312. The summed E-state index contributed by atoms with van der Waals surface area (Å²) in [5, 5.41) is 15.2. The molecule has 0 saturated carbocycles. The number of amides is 2. The van der Waals surface area contributed by atoms with E-state index in [1.165, 1.54) is 18.2 Å². The number of rotatable bonds is 7.